The number of hydrogen-bond acceptors (Lipinski definition) is 2. The molecule has 0 bridgehead atoms. The third-order valence-corrected chi connectivity index (χ3v) is 5.00. The molecular formula is C17H34N2. The molecule has 2 rings (SSSR count). The molecule has 0 radical (unpaired) electrons. The van der Waals surface area contributed by atoms with E-state index in [1.807, 2.05) is 0 Å². The summed E-state index contributed by atoms with van der Waals surface area (Å²) in [6, 6.07) is 0.670. The molecule has 2 nitrogen and oxygen atoms in total. The van der Waals surface area contributed by atoms with Gasteiger partial charge in [0.1, 0.15) is 0 Å². The van der Waals surface area contributed by atoms with E-state index in [1.54, 1.807) is 0 Å². The minimum Gasteiger partial charge on any atom is -0.313 e. The molecule has 2 aliphatic rings. The topological polar surface area (TPSA) is 15.3 Å². The van der Waals surface area contributed by atoms with E-state index in [4.69, 9.17) is 0 Å². The van der Waals surface area contributed by atoms with Crippen LogP contribution >= 0.6 is 0 Å². The van der Waals surface area contributed by atoms with Crippen molar-refractivity contribution in [1.82, 2.24) is 10.2 Å². The maximum Gasteiger partial charge on any atom is 0.0166 e. The monoisotopic (exact) mass is 266 g/mol. The Labute approximate surface area is 120 Å². The zero-order valence-electron chi connectivity index (χ0n) is 13.0. The van der Waals surface area contributed by atoms with Crippen molar-refractivity contribution >= 4 is 0 Å². The molecule has 0 aromatic rings. The Kier molecular flexibility index (Phi) is 7.23. The van der Waals surface area contributed by atoms with Gasteiger partial charge in [0.25, 0.3) is 0 Å². The van der Waals surface area contributed by atoms with Gasteiger partial charge in [0.05, 0.1) is 0 Å². The molecule has 0 spiro atoms. The van der Waals surface area contributed by atoms with E-state index in [0.29, 0.717) is 6.04 Å². The Morgan fingerprint density at radius 3 is 2.26 bits per heavy atom. The molecule has 1 N–H and O–H groups in total. The number of hydrogen-bond donors (Lipinski definition) is 1. The fourth-order valence-corrected chi connectivity index (χ4v) is 3.78. The summed E-state index contributed by atoms with van der Waals surface area (Å²) in [7, 11) is 0. The van der Waals surface area contributed by atoms with E-state index in [2.05, 4.69) is 17.1 Å². The minimum absolute atomic E-state index is 0.670. The molecule has 112 valence electrons. The standard InChI is InChI=1S/C17H34N2/c1-16(15-19-13-7-4-8-14-19)18-12-11-17-9-5-2-3-6-10-17/h16-18H,2-15H2,1H3. The fourth-order valence-electron chi connectivity index (χ4n) is 3.78. The summed E-state index contributed by atoms with van der Waals surface area (Å²) in [5, 5.41) is 3.76. The van der Waals surface area contributed by atoms with Gasteiger partial charge in [-0.3, -0.25) is 0 Å². The van der Waals surface area contributed by atoms with Crippen molar-refractivity contribution < 1.29 is 0 Å². The SMILES string of the molecule is CC(CN1CCCCC1)NCCC1CCCCCC1. The summed E-state index contributed by atoms with van der Waals surface area (Å²) in [5.74, 6) is 1.01. The summed E-state index contributed by atoms with van der Waals surface area (Å²) in [4.78, 5) is 2.65. The van der Waals surface area contributed by atoms with Crippen LogP contribution in [0.4, 0.5) is 0 Å². The van der Waals surface area contributed by atoms with Crippen molar-refractivity contribution in [1.29, 1.82) is 0 Å². The maximum atomic E-state index is 3.76. The first-order chi connectivity index (χ1) is 9.34. The highest BCUT2D eigenvalue weighted by Crippen LogP contribution is 2.24. The maximum absolute atomic E-state index is 3.76. The van der Waals surface area contributed by atoms with Gasteiger partial charge in [0, 0.05) is 12.6 Å². The summed E-state index contributed by atoms with van der Waals surface area (Å²) >= 11 is 0. The van der Waals surface area contributed by atoms with E-state index in [0.717, 1.165) is 5.92 Å². The second-order valence-electron chi connectivity index (χ2n) is 6.86. The van der Waals surface area contributed by atoms with Gasteiger partial charge in [-0.15, -0.1) is 0 Å². The first-order valence-electron chi connectivity index (χ1n) is 8.80. The van der Waals surface area contributed by atoms with Crippen LogP contribution in [-0.4, -0.2) is 37.1 Å². The second kappa shape index (κ2) is 8.97. The Balaban J connectivity index is 1.53. The van der Waals surface area contributed by atoms with Gasteiger partial charge in [0.15, 0.2) is 0 Å². The number of nitrogens with zero attached hydrogens (tertiary/aromatic N) is 1. The van der Waals surface area contributed by atoms with Crippen LogP contribution in [0.3, 0.4) is 0 Å². The highest BCUT2D eigenvalue weighted by molar-refractivity contribution is 4.72. The lowest BCUT2D eigenvalue weighted by Gasteiger charge is -2.29. The van der Waals surface area contributed by atoms with Crippen LogP contribution in [0, 0.1) is 5.92 Å². The van der Waals surface area contributed by atoms with E-state index < -0.39 is 0 Å². The molecule has 1 heterocycles. The fraction of sp³-hybridized carbons (Fsp3) is 1.00. The third-order valence-electron chi connectivity index (χ3n) is 5.00. The molecule has 0 amide bonds. The van der Waals surface area contributed by atoms with Crippen molar-refractivity contribution in [3.8, 4) is 0 Å². The summed E-state index contributed by atoms with van der Waals surface area (Å²) in [6.45, 7) is 7.51. The van der Waals surface area contributed by atoms with Gasteiger partial charge in [-0.1, -0.05) is 44.9 Å². The van der Waals surface area contributed by atoms with E-state index in [9.17, 15) is 0 Å². The molecule has 1 aliphatic carbocycles. The largest absolute Gasteiger partial charge is 0.313 e. The van der Waals surface area contributed by atoms with E-state index in [1.165, 1.54) is 90.4 Å². The smallest absolute Gasteiger partial charge is 0.0166 e. The Morgan fingerprint density at radius 2 is 1.58 bits per heavy atom. The lowest BCUT2D eigenvalue weighted by atomic mass is 9.96. The summed E-state index contributed by atoms with van der Waals surface area (Å²) < 4.78 is 0. The van der Waals surface area contributed by atoms with Crippen LogP contribution in [0.2, 0.25) is 0 Å². The molecule has 1 unspecified atom stereocenters. The average Bonchev–Trinajstić information content (AvgIpc) is 2.68. The predicted molar refractivity (Wildman–Crippen MR) is 83.6 cm³/mol. The molecule has 0 aromatic carbocycles. The molecule has 19 heavy (non-hydrogen) atoms. The molecule has 1 saturated heterocycles. The first kappa shape index (κ1) is 15.3. The van der Waals surface area contributed by atoms with E-state index >= 15 is 0 Å². The molecule has 1 saturated carbocycles. The number of piperidine rings is 1. The van der Waals surface area contributed by atoms with Gasteiger partial charge in [-0.25, -0.2) is 0 Å². The minimum atomic E-state index is 0.670. The third kappa shape index (κ3) is 6.27. The highest BCUT2D eigenvalue weighted by Gasteiger charge is 2.14. The number of likely N-dealkylation sites (tertiary alicyclic amines) is 1. The second-order valence-corrected chi connectivity index (χ2v) is 6.86. The molecule has 1 atom stereocenters. The Bertz CT molecular complexity index is 215. The molecule has 2 fully saturated rings. The molecule has 1 aliphatic heterocycles. The van der Waals surface area contributed by atoms with Gasteiger partial charge in [-0.05, 0) is 51.7 Å². The summed E-state index contributed by atoms with van der Waals surface area (Å²) in [5.41, 5.74) is 0. The van der Waals surface area contributed by atoms with Crippen molar-refractivity contribution in [2.45, 2.75) is 77.2 Å². The van der Waals surface area contributed by atoms with Crippen molar-refractivity contribution in [3.63, 3.8) is 0 Å². The molecule has 0 aromatic heterocycles. The quantitative estimate of drug-likeness (QED) is 0.735. The highest BCUT2D eigenvalue weighted by atomic mass is 15.1. The summed E-state index contributed by atoms with van der Waals surface area (Å²) in [6.07, 6.45) is 14.6. The van der Waals surface area contributed by atoms with Crippen molar-refractivity contribution in [3.05, 3.63) is 0 Å². The lowest BCUT2D eigenvalue weighted by Crippen LogP contribution is -2.42. The van der Waals surface area contributed by atoms with Crippen LogP contribution in [0.25, 0.3) is 0 Å². The van der Waals surface area contributed by atoms with Crippen LogP contribution in [0.15, 0.2) is 0 Å². The molecule has 2 heteroatoms. The van der Waals surface area contributed by atoms with Crippen LogP contribution in [0.5, 0.6) is 0 Å². The normalized spacial score (nSPS) is 25.1. The molecular weight excluding hydrogens is 232 g/mol. The zero-order valence-corrected chi connectivity index (χ0v) is 13.0. The van der Waals surface area contributed by atoms with Gasteiger partial charge < -0.3 is 10.2 Å². The lowest BCUT2D eigenvalue weighted by molar-refractivity contribution is 0.208. The predicted octanol–water partition coefficient (Wildman–Crippen LogP) is 3.81. The van der Waals surface area contributed by atoms with E-state index in [-0.39, 0.29) is 0 Å². The van der Waals surface area contributed by atoms with Crippen LogP contribution in [0.1, 0.15) is 71.1 Å². The first-order valence-corrected chi connectivity index (χ1v) is 8.80. The van der Waals surface area contributed by atoms with Gasteiger partial charge in [0.2, 0.25) is 0 Å². The Hall–Kier alpha value is -0.0800. The van der Waals surface area contributed by atoms with Crippen molar-refractivity contribution in [2.75, 3.05) is 26.2 Å². The Morgan fingerprint density at radius 1 is 0.947 bits per heavy atom. The van der Waals surface area contributed by atoms with Crippen LogP contribution in [-0.2, 0) is 0 Å². The van der Waals surface area contributed by atoms with Crippen LogP contribution < -0.4 is 5.32 Å². The zero-order chi connectivity index (χ0) is 13.3. The number of nitrogens with one attached hydrogen (secondary N) is 1. The van der Waals surface area contributed by atoms with Gasteiger partial charge in [-0.2, -0.15) is 0 Å². The van der Waals surface area contributed by atoms with Crippen molar-refractivity contribution in [2.24, 2.45) is 5.92 Å². The van der Waals surface area contributed by atoms with Gasteiger partial charge >= 0.3 is 0 Å². The average molecular weight is 266 g/mol. The number of rotatable bonds is 6.